The number of hydrogen-bond donors (Lipinski definition) is 2. The highest BCUT2D eigenvalue weighted by Gasteiger charge is 2.22. The quantitative estimate of drug-likeness (QED) is 0.792. The molecule has 0 saturated carbocycles. The van der Waals surface area contributed by atoms with Crippen LogP contribution in [-0.4, -0.2) is 29.0 Å². The summed E-state index contributed by atoms with van der Waals surface area (Å²) in [5.41, 5.74) is 1.63. The van der Waals surface area contributed by atoms with Crippen LogP contribution in [0.4, 0.5) is 5.13 Å². The van der Waals surface area contributed by atoms with Gasteiger partial charge in [-0.3, -0.25) is 9.78 Å². The molecule has 3 heterocycles. The fourth-order valence-corrected chi connectivity index (χ4v) is 3.68. The van der Waals surface area contributed by atoms with Gasteiger partial charge in [-0.05, 0) is 49.9 Å². The van der Waals surface area contributed by atoms with Gasteiger partial charge >= 0.3 is 0 Å². The molecule has 0 radical (unpaired) electrons. The van der Waals surface area contributed by atoms with Crippen molar-refractivity contribution in [3.8, 4) is 11.4 Å². The summed E-state index contributed by atoms with van der Waals surface area (Å²) in [5.74, 6) is 1.03. The van der Waals surface area contributed by atoms with Gasteiger partial charge < -0.3 is 10.6 Å². The number of anilines is 1. The average molecular weight is 403 g/mol. The highest BCUT2D eigenvalue weighted by molar-refractivity contribution is 7.14. The van der Waals surface area contributed by atoms with E-state index >= 15 is 0 Å². The molecule has 1 aliphatic heterocycles. The number of carbonyl (C=O) groups excluding carboxylic acids is 1. The summed E-state index contributed by atoms with van der Waals surface area (Å²) in [6.07, 6.45) is 4.71. The van der Waals surface area contributed by atoms with Gasteiger partial charge in [-0.25, -0.2) is 4.98 Å². The zero-order valence-corrected chi connectivity index (χ0v) is 16.6. The van der Waals surface area contributed by atoms with Crippen molar-refractivity contribution >= 4 is 47.2 Å². The monoisotopic (exact) mass is 402 g/mol. The second-order valence-electron chi connectivity index (χ2n) is 6.09. The summed E-state index contributed by atoms with van der Waals surface area (Å²) in [5, 5.41) is 8.90. The van der Waals surface area contributed by atoms with Crippen molar-refractivity contribution in [3.05, 3.63) is 29.8 Å². The molecule has 1 fully saturated rings. The molecule has 2 atom stereocenters. The lowest BCUT2D eigenvalue weighted by Gasteiger charge is -2.27. The van der Waals surface area contributed by atoms with Crippen LogP contribution < -0.4 is 10.6 Å². The molecule has 1 saturated heterocycles. The predicted octanol–water partition coefficient (Wildman–Crippen LogP) is 4.01. The number of pyridine rings is 1. The molecule has 8 heteroatoms. The van der Waals surface area contributed by atoms with Crippen molar-refractivity contribution in [2.75, 3.05) is 18.4 Å². The van der Waals surface area contributed by atoms with Crippen molar-refractivity contribution in [1.82, 2.24) is 15.3 Å². The lowest BCUT2D eigenvalue weighted by molar-refractivity contribution is -0.117. The number of thiazole rings is 1. The molecule has 0 aromatic carbocycles. The predicted molar refractivity (Wildman–Crippen MR) is 108 cm³/mol. The SMILES string of the molecule is CC(CC(=O)Nc1nc(-c2ccccn2)cs1)C1CCCNC1.Cl.Cl. The molecule has 0 aliphatic carbocycles. The maximum atomic E-state index is 12.2. The van der Waals surface area contributed by atoms with E-state index in [0.717, 1.165) is 24.5 Å². The van der Waals surface area contributed by atoms with E-state index < -0.39 is 0 Å². The van der Waals surface area contributed by atoms with Crippen molar-refractivity contribution in [2.24, 2.45) is 11.8 Å². The van der Waals surface area contributed by atoms with Crippen molar-refractivity contribution < 1.29 is 4.79 Å². The Morgan fingerprint density at radius 2 is 2.24 bits per heavy atom. The van der Waals surface area contributed by atoms with E-state index in [2.05, 4.69) is 27.5 Å². The van der Waals surface area contributed by atoms with Crippen molar-refractivity contribution in [2.45, 2.75) is 26.2 Å². The van der Waals surface area contributed by atoms with E-state index in [1.165, 1.54) is 24.2 Å². The fourth-order valence-electron chi connectivity index (χ4n) is 2.96. The van der Waals surface area contributed by atoms with E-state index in [1.54, 1.807) is 6.20 Å². The molecule has 2 N–H and O–H groups in total. The average Bonchev–Trinajstić information content (AvgIpc) is 3.04. The molecule has 138 valence electrons. The van der Waals surface area contributed by atoms with E-state index in [0.29, 0.717) is 23.4 Å². The van der Waals surface area contributed by atoms with E-state index in [4.69, 9.17) is 0 Å². The molecule has 5 nitrogen and oxygen atoms in total. The van der Waals surface area contributed by atoms with Gasteiger partial charge in [-0.15, -0.1) is 36.2 Å². The van der Waals surface area contributed by atoms with Gasteiger partial charge in [0.25, 0.3) is 0 Å². The molecule has 1 amide bonds. The van der Waals surface area contributed by atoms with Gasteiger partial charge in [0.15, 0.2) is 5.13 Å². The number of halogens is 2. The maximum absolute atomic E-state index is 12.2. The third kappa shape index (κ3) is 6.22. The molecule has 1 aliphatic rings. The van der Waals surface area contributed by atoms with Crippen molar-refractivity contribution in [3.63, 3.8) is 0 Å². The Labute approximate surface area is 164 Å². The maximum Gasteiger partial charge on any atom is 0.226 e. The van der Waals surface area contributed by atoms with Crippen LogP contribution in [0.15, 0.2) is 29.8 Å². The Kier molecular flexibility index (Phi) is 9.35. The number of amides is 1. The lowest BCUT2D eigenvalue weighted by atomic mass is 9.85. The first-order chi connectivity index (χ1) is 11.2. The largest absolute Gasteiger partial charge is 0.316 e. The summed E-state index contributed by atoms with van der Waals surface area (Å²) >= 11 is 1.44. The molecule has 2 aromatic heterocycles. The van der Waals surface area contributed by atoms with Crippen LogP contribution in [0.2, 0.25) is 0 Å². The second-order valence-corrected chi connectivity index (χ2v) is 6.95. The number of aromatic nitrogens is 2. The first-order valence-corrected chi connectivity index (χ1v) is 8.98. The van der Waals surface area contributed by atoms with Crippen molar-refractivity contribution in [1.29, 1.82) is 0 Å². The standard InChI is InChI=1S/C17H22N4OS.2ClH/c1-12(13-5-4-7-18-10-13)9-16(22)21-17-20-15(11-23-17)14-6-2-3-8-19-14;;/h2-3,6,8,11-13,18H,4-5,7,9-10H2,1H3,(H,20,21,22);2*1H. The van der Waals surface area contributed by atoms with Crippen LogP contribution in [0, 0.1) is 11.8 Å². The molecule has 25 heavy (non-hydrogen) atoms. The third-order valence-corrected chi connectivity index (χ3v) is 5.08. The molecular weight excluding hydrogens is 379 g/mol. The van der Waals surface area contributed by atoms with Crippen LogP contribution in [0.3, 0.4) is 0 Å². The number of rotatable bonds is 5. The Morgan fingerprint density at radius 3 is 2.92 bits per heavy atom. The summed E-state index contributed by atoms with van der Waals surface area (Å²) in [6.45, 7) is 4.29. The third-order valence-electron chi connectivity index (χ3n) is 4.32. The summed E-state index contributed by atoms with van der Waals surface area (Å²) < 4.78 is 0. The minimum absolute atomic E-state index is 0. The molecular formula is C17H24Cl2N4OS. The van der Waals surface area contributed by atoms with E-state index in [-0.39, 0.29) is 30.7 Å². The van der Waals surface area contributed by atoms with E-state index in [9.17, 15) is 4.79 Å². The lowest BCUT2D eigenvalue weighted by Crippen LogP contribution is -2.34. The van der Waals surface area contributed by atoms with Gasteiger partial charge in [0, 0.05) is 18.0 Å². The fraction of sp³-hybridized carbons (Fsp3) is 0.471. The Balaban J connectivity index is 0.00000156. The smallest absolute Gasteiger partial charge is 0.226 e. The van der Waals surface area contributed by atoms with E-state index in [1.807, 2.05) is 23.6 Å². The van der Waals surface area contributed by atoms with Crippen LogP contribution in [0.1, 0.15) is 26.2 Å². The van der Waals surface area contributed by atoms with Gasteiger partial charge in [0.1, 0.15) is 5.69 Å². The number of nitrogens with zero attached hydrogens (tertiary/aromatic N) is 2. The Hall–Kier alpha value is -1.21. The molecule has 0 spiro atoms. The highest BCUT2D eigenvalue weighted by atomic mass is 35.5. The molecule has 2 aromatic rings. The second kappa shape index (κ2) is 10.7. The number of nitrogens with one attached hydrogen (secondary N) is 2. The minimum atomic E-state index is 0. The van der Waals surface area contributed by atoms with Gasteiger partial charge in [0.2, 0.25) is 5.91 Å². The summed E-state index contributed by atoms with van der Waals surface area (Å²) in [6, 6.07) is 5.72. The minimum Gasteiger partial charge on any atom is -0.316 e. The molecule has 2 unspecified atom stereocenters. The topological polar surface area (TPSA) is 66.9 Å². The first-order valence-electron chi connectivity index (χ1n) is 8.10. The Morgan fingerprint density at radius 1 is 1.40 bits per heavy atom. The van der Waals surface area contributed by atoms with Gasteiger partial charge in [-0.1, -0.05) is 13.0 Å². The van der Waals surface area contributed by atoms with Gasteiger partial charge in [0.05, 0.1) is 5.69 Å². The highest BCUT2D eigenvalue weighted by Crippen LogP contribution is 2.25. The first kappa shape index (κ1) is 21.8. The molecule has 3 rings (SSSR count). The van der Waals surface area contributed by atoms with Crippen LogP contribution in [0.25, 0.3) is 11.4 Å². The van der Waals surface area contributed by atoms with Crippen LogP contribution >= 0.6 is 36.2 Å². The molecule has 0 bridgehead atoms. The summed E-state index contributed by atoms with van der Waals surface area (Å²) in [7, 11) is 0. The van der Waals surface area contributed by atoms with Crippen LogP contribution in [0.5, 0.6) is 0 Å². The number of hydrogen-bond acceptors (Lipinski definition) is 5. The summed E-state index contributed by atoms with van der Waals surface area (Å²) in [4.78, 5) is 21.0. The normalized spacial score (nSPS) is 17.7. The zero-order valence-electron chi connectivity index (χ0n) is 14.1. The Bertz CT molecular complexity index is 647. The zero-order chi connectivity index (χ0) is 16.1. The number of carbonyl (C=O) groups is 1. The van der Waals surface area contributed by atoms with Gasteiger partial charge in [-0.2, -0.15) is 0 Å². The number of piperidine rings is 1. The van der Waals surface area contributed by atoms with Crippen LogP contribution in [-0.2, 0) is 4.79 Å².